The first-order valence-electron chi connectivity index (χ1n) is 6.88. The smallest absolute Gasteiger partial charge is 0.264 e. The van der Waals surface area contributed by atoms with Crippen molar-refractivity contribution in [1.29, 1.82) is 0 Å². The molecular formula is C16H14FN3O2S. The predicted octanol–water partition coefficient (Wildman–Crippen LogP) is 2.87. The average molecular weight is 331 g/mol. The van der Waals surface area contributed by atoms with Crippen LogP contribution in [0.2, 0.25) is 0 Å². The van der Waals surface area contributed by atoms with Crippen LogP contribution in [0.3, 0.4) is 0 Å². The molecule has 0 bridgehead atoms. The summed E-state index contributed by atoms with van der Waals surface area (Å²) in [6.07, 6.45) is 3.49. The van der Waals surface area contributed by atoms with Crippen molar-refractivity contribution in [2.75, 3.05) is 4.72 Å². The fourth-order valence-corrected chi connectivity index (χ4v) is 3.32. The molecule has 0 amide bonds. The van der Waals surface area contributed by atoms with Crippen molar-refractivity contribution < 1.29 is 12.8 Å². The van der Waals surface area contributed by atoms with Gasteiger partial charge in [-0.05, 0) is 35.9 Å². The van der Waals surface area contributed by atoms with E-state index in [1.807, 2.05) is 18.3 Å². The Kier molecular flexibility index (Phi) is 4.12. The largest absolute Gasteiger partial charge is 0.280 e. The topological polar surface area (TPSA) is 64.0 Å². The van der Waals surface area contributed by atoms with Crippen LogP contribution in [0.15, 0.2) is 71.9 Å². The molecule has 0 aliphatic rings. The maximum atomic E-state index is 13.7. The Morgan fingerprint density at radius 2 is 1.91 bits per heavy atom. The Morgan fingerprint density at radius 1 is 1.09 bits per heavy atom. The SMILES string of the molecule is O=S(=O)(Nc1cccc(Cn2cccn2)c1)c1ccccc1F. The van der Waals surface area contributed by atoms with Crippen LogP contribution in [-0.4, -0.2) is 18.2 Å². The second-order valence-corrected chi connectivity index (χ2v) is 6.59. The molecule has 2 aromatic carbocycles. The van der Waals surface area contributed by atoms with Crippen LogP contribution in [0.1, 0.15) is 5.56 Å². The molecule has 0 saturated carbocycles. The Bertz CT molecular complexity index is 909. The number of nitrogens with zero attached hydrogens (tertiary/aromatic N) is 2. The van der Waals surface area contributed by atoms with Gasteiger partial charge < -0.3 is 0 Å². The maximum absolute atomic E-state index is 13.7. The van der Waals surface area contributed by atoms with Crippen LogP contribution in [0.4, 0.5) is 10.1 Å². The van der Waals surface area contributed by atoms with Gasteiger partial charge in [0.1, 0.15) is 10.7 Å². The predicted molar refractivity (Wildman–Crippen MR) is 85.0 cm³/mol. The van der Waals surface area contributed by atoms with Gasteiger partial charge in [-0.25, -0.2) is 12.8 Å². The highest BCUT2D eigenvalue weighted by Crippen LogP contribution is 2.19. The third kappa shape index (κ3) is 3.57. The van der Waals surface area contributed by atoms with E-state index >= 15 is 0 Å². The first-order chi connectivity index (χ1) is 11.0. The minimum absolute atomic E-state index is 0.373. The molecule has 1 heterocycles. The van der Waals surface area contributed by atoms with E-state index in [1.165, 1.54) is 18.2 Å². The summed E-state index contributed by atoms with van der Waals surface area (Å²) in [6.45, 7) is 0.516. The third-order valence-corrected chi connectivity index (χ3v) is 4.62. The second-order valence-electron chi connectivity index (χ2n) is 4.94. The summed E-state index contributed by atoms with van der Waals surface area (Å²) in [4.78, 5) is -0.377. The van der Waals surface area contributed by atoms with Crippen molar-refractivity contribution in [3.05, 3.63) is 78.4 Å². The molecule has 118 valence electrons. The normalized spacial score (nSPS) is 11.3. The van der Waals surface area contributed by atoms with Gasteiger partial charge in [-0.2, -0.15) is 5.10 Å². The molecule has 23 heavy (non-hydrogen) atoms. The van der Waals surface area contributed by atoms with Crippen molar-refractivity contribution in [2.45, 2.75) is 11.4 Å². The zero-order valence-corrected chi connectivity index (χ0v) is 12.9. The fraction of sp³-hybridized carbons (Fsp3) is 0.0625. The molecule has 0 saturated heterocycles. The molecule has 0 radical (unpaired) electrons. The molecule has 1 N–H and O–H groups in total. The number of anilines is 1. The van der Waals surface area contributed by atoms with Gasteiger partial charge in [-0.3, -0.25) is 9.40 Å². The zero-order chi connectivity index (χ0) is 16.3. The lowest BCUT2D eigenvalue weighted by molar-refractivity contribution is 0.570. The van der Waals surface area contributed by atoms with E-state index in [1.54, 1.807) is 29.1 Å². The first-order valence-corrected chi connectivity index (χ1v) is 8.37. The van der Waals surface area contributed by atoms with Gasteiger partial charge in [0.2, 0.25) is 0 Å². The molecule has 7 heteroatoms. The van der Waals surface area contributed by atoms with Gasteiger partial charge in [0.25, 0.3) is 10.0 Å². The summed E-state index contributed by atoms with van der Waals surface area (Å²) in [5.74, 6) is -0.785. The molecule has 0 fully saturated rings. The summed E-state index contributed by atoms with van der Waals surface area (Å²) in [7, 11) is -3.97. The van der Waals surface area contributed by atoms with Gasteiger partial charge in [-0.15, -0.1) is 0 Å². The lowest BCUT2D eigenvalue weighted by Crippen LogP contribution is -2.14. The van der Waals surface area contributed by atoms with E-state index in [4.69, 9.17) is 0 Å². The number of halogens is 1. The number of hydrogen-bond donors (Lipinski definition) is 1. The molecule has 0 atom stereocenters. The van der Waals surface area contributed by atoms with Gasteiger partial charge in [0.05, 0.1) is 6.54 Å². The lowest BCUT2D eigenvalue weighted by Gasteiger charge is -2.10. The molecule has 5 nitrogen and oxygen atoms in total. The second kappa shape index (κ2) is 6.21. The molecule has 3 rings (SSSR count). The summed E-state index contributed by atoms with van der Waals surface area (Å²) in [5.41, 5.74) is 1.25. The Morgan fingerprint density at radius 3 is 2.65 bits per heavy atom. The quantitative estimate of drug-likeness (QED) is 0.782. The van der Waals surface area contributed by atoms with Crippen molar-refractivity contribution in [3.8, 4) is 0 Å². The van der Waals surface area contributed by atoms with Crippen molar-refractivity contribution in [1.82, 2.24) is 9.78 Å². The highest BCUT2D eigenvalue weighted by Gasteiger charge is 2.18. The van der Waals surface area contributed by atoms with Crippen LogP contribution in [0.5, 0.6) is 0 Å². The zero-order valence-electron chi connectivity index (χ0n) is 12.1. The highest BCUT2D eigenvalue weighted by molar-refractivity contribution is 7.92. The standard InChI is InChI=1S/C16H14FN3O2S/c17-15-7-1-2-8-16(15)23(21,22)19-14-6-3-5-13(11-14)12-20-10-4-9-18-20/h1-11,19H,12H2. The van der Waals surface area contributed by atoms with Crippen molar-refractivity contribution in [3.63, 3.8) is 0 Å². The van der Waals surface area contributed by atoms with E-state index in [0.717, 1.165) is 11.6 Å². The fourth-order valence-electron chi connectivity index (χ4n) is 2.19. The van der Waals surface area contributed by atoms with Crippen molar-refractivity contribution >= 4 is 15.7 Å². The highest BCUT2D eigenvalue weighted by atomic mass is 32.2. The van der Waals surface area contributed by atoms with Gasteiger partial charge >= 0.3 is 0 Å². The van der Waals surface area contributed by atoms with E-state index in [-0.39, 0.29) is 4.90 Å². The Balaban J connectivity index is 1.84. The minimum Gasteiger partial charge on any atom is -0.280 e. The van der Waals surface area contributed by atoms with E-state index in [2.05, 4.69) is 9.82 Å². The number of benzene rings is 2. The first kappa shape index (κ1) is 15.2. The summed E-state index contributed by atoms with van der Waals surface area (Å²) >= 11 is 0. The number of aromatic nitrogens is 2. The Hall–Kier alpha value is -2.67. The number of sulfonamides is 1. The number of nitrogens with one attached hydrogen (secondary N) is 1. The van der Waals surface area contributed by atoms with Gasteiger partial charge in [-0.1, -0.05) is 24.3 Å². The van der Waals surface area contributed by atoms with E-state index < -0.39 is 15.8 Å². The summed E-state index contributed by atoms with van der Waals surface area (Å²) < 4.78 is 42.4. The van der Waals surface area contributed by atoms with E-state index in [9.17, 15) is 12.8 Å². The van der Waals surface area contributed by atoms with E-state index in [0.29, 0.717) is 12.2 Å². The molecule has 3 aromatic rings. The molecule has 1 aromatic heterocycles. The molecule has 0 aliphatic carbocycles. The lowest BCUT2D eigenvalue weighted by atomic mass is 10.2. The average Bonchev–Trinajstić information content (AvgIpc) is 3.00. The molecular weight excluding hydrogens is 317 g/mol. The van der Waals surface area contributed by atoms with Crippen LogP contribution < -0.4 is 4.72 Å². The van der Waals surface area contributed by atoms with Crippen LogP contribution in [-0.2, 0) is 16.6 Å². The van der Waals surface area contributed by atoms with Crippen LogP contribution in [0, 0.1) is 5.82 Å². The number of hydrogen-bond acceptors (Lipinski definition) is 3. The van der Waals surface area contributed by atoms with Crippen LogP contribution >= 0.6 is 0 Å². The van der Waals surface area contributed by atoms with Crippen LogP contribution in [0.25, 0.3) is 0 Å². The minimum atomic E-state index is -3.97. The number of rotatable bonds is 5. The third-order valence-electron chi connectivity index (χ3n) is 3.21. The molecule has 0 unspecified atom stereocenters. The summed E-state index contributed by atoms with van der Waals surface area (Å²) in [5, 5.41) is 4.10. The summed E-state index contributed by atoms with van der Waals surface area (Å²) in [6, 6.07) is 14.0. The molecule has 0 aliphatic heterocycles. The molecule has 0 spiro atoms. The van der Waals surface area contributed by atoms with Gasteiger partial charge in [0, 0.05) is 18.1 Å². The monoisotopic (exact) mass is 331 g/mol. The maximum Gasteiger partial charge on any atom is 0.264 e. The Labute approximate surface area is 133 Å². The van der Waals surface area contributed by atoms with Crippen molar-refractivity contribution in [2.24, 2.45) is 0 Å². The van der Waals surface area contributed by atoms with Gasteiger partial charge in [0.15, 0.2) is 0 Å².